The van der Waals surface area contributed by atoms with E-state index in [9.17, 15) is 4.79 Å². The average molecular weight is 260 g/mol. The number of amides is 1. The Hall–Kier alpha value is -1.51. The van der Waals surface area contributed by atoms with E-state index in [4.69, 9.17) is 5.73 Å². The molecule has 2 rings (SSSR count). The lowest BCUT2D eigenvalue weighted by Crippen LogP contribution is -2.40. The molecule has 1 fully saturated rings. The molecule has 3 N–H and O–H groups in total. The van der Waals surface area contributed by atoms with Gasteiger partial charge >= 0.3 is 0 Å². The minimum atomic E-state index is 0.108. The normalized spacial score (nSPS) is 26.9. The predicted molar refractivity (Wildman–Crippen MR) is 78.7 cm³/mol. The van der Waals surface area contributed by atoms with Crippen LogP contribution in [-0.4, -0.2) is 11.9 Å². The van der Waals surface area contributed by atoms with Crippen molar-refractivity contribution >= 4 is 11.6 Å². The van der Waals surface area contributed by atoms with E-state index in [1.807, 2.05) is 24.3 Å². The second kappa shape index (κ2) is 6.09. The minimum Gasteiger partial charge on any atom is -0.399 e. The molecule has 19 heavy (non-hydrogen) atoms. The van der Waals surface area contributed by atoms with E-state index in [0.29, 0.717) is 30.0 Å². The first-order chi connectivity index (χ1) is 9.02. The number of anilines is 1. The molecule has 0 aliphatic heterocycles. The number of carbonyl (C=O) groups excluding carboxylic acids is 1. The summed E-state index contributed by atoms with van der Waals surface area (Å²) in [5.41, 5.74) is 7.42. The summed E-state index contributed by atoms with van der Waals surface area (Å²) in [4.78, 5) is 12.1. The second-order valence-electron chi connectivity index (χ2n) is 6.10. The van der Waals surface area contributed by atoms with Crippen LogP contribution >= 0.6 is 0 Å². The summed E-state index contributed by atoms with van der Waals surface area (Å²) in [5, 5.41) is 3.17. The van der Waals surface area contributed by atoms with Crippen LogP contribution in [0.15, 0.2) is 24.3 Å². The Morgan fingerprint density at radius 3 is 2.58 bits per heavy atom. The van der Waals surface area contributed by atoms with Crippen LogP contribution in [0.3, 0.4) is 0 Å². The molecule has 0 heterocycles. The highest BCUT2D eigenvalue weighted by Crippen LogP contribution is 2.28. The van der Waals surface area contributed by atoms with Gasteiger partial charge in [-0.25, -0.2) is 0 Å². The molecule has 1 aromatic carbocycles. The monoisotopic (exact) mass is 260 g/mol. The number of hydrogen-bond donors (Lipinski definition) is 2. The number of hydrogen-bond acceptors (Lipinski definition) is 2. The Morgan fingerprint density at radius 1 is 1.26 bits per heavy atom. The molecule has 1 saturated carbocycles. The van der Waals surface area contributed by atoms with E-state index < -0.39 is 0 Å². The van der Waals surface area contributed by atoms with Crippen molar-refractivity contribution in [2.75, 3.05) is 5.73 Å². The summed E-state index contributed by atoms with van der Waals surface area (Å²) >= 11 is 0. The maximum Gasteiger partial charge on any atom is 0.224 e. The topological polar surface area (TPSA) is 55.1 Å². The van der Waals surface area contributed by atoms with Crippen LogP contribution in [0.1, 0.15) is 38.7 Å². The minimum absolute atomic E-state index is 0.108. The summed E-state index contributed by atoms with van der Waals surface area (Å²) in [7, 11) is 0. The molecular weight excluding hydrogens is 236 g/mol. The molecular formula is C16H24N2O. The molecule has 1 aromatic rings. The van der Waals surface area contributed by atoms with E-state index in [1.165, 1.54) is 6.42 Å². The SMILES string of the molecule is CC1CC(C)CC(NC(=O)Cc2cccc(N)c2)C1. The summed E-state index contributed by atoms with van der Waals surface area (Å²) in [6.07, 6.45) is 3.91. The Balaban J connectivity index is 1.87. The maximum absolute atomic E-state index is 12.1. The average Bonchev–Trinajstić information content (AvgIpc) is 2.26. The van der Waals surface area contributed by atoms with Crippen LogP contribution in [0.4, 0.5) is 5.69 Å². The largest absolute Gasteiger partial charge is 0.399 e. The van der Waals surface area contributed by atoms with Crippen molar-refractivity contribution < 1.29 is 4.79 Å². The molecule has 1 aliphatic carbocycles. The number of carbonyl (C=O) groups is 1. The number of nitrogens with two attached hydrogens (primary N) is 1. The van der Waals surface area contributed by atoms with Gasteiger partial charge in [0.1, 0.15) is 0 Å². The third kappa shape index (κ3) is 4.27. The lowest BCUT2D eigenvalue weighted by atomic mass is 9.80. The third-order valence-corrected chi connectivity index (χ3v) is 3.86. The van der Waals surface area contributed by atoms with Gasteiger partial charge in [-0.15, -0.1) is 0 Å². The van der Waals surface area contributed by atoms with Crippen molar-refractivity contribution in [2.45, 2.75) is 45.6 Å². The first-order valence-electron chi connectivity index (χ1n) is 7.16. The van der Waals surface area contributed by atoms with E-state index in [2.05, 4.69) is 19.2 Å². The van der Waals surface area contributed by atoms with E-state index in [1.54, 1.807) is 0 Å². The maximum atomic E-state index is 12.1. The molecule has 0 radical (unpaired) electrons. The molecule has 3 nitrogen and oxygen atoms in total. The molecule has 2 unspecified atom stereocenters. The van der Waals surface area contributed by atoms with Crippen molar-refractivity contribution in [3.63, 3.8) is 0 Å². The van der Waals surface area contributed by atoms with E-state index >= 15 is 0 Å². The summed E-state index contributed by atoms with van der Waals surface area (Å²) in [5.74, 6) is 1.53. The van der Waals surface area contributed by atoms with Gasteiger partial charge in [0.05, 0.1) is 6.42 Å². The molecule has 0 spiro atoms. The Morgan fingerprint density at radius 2 is 1.95 bits per heavy atom. The van der Waals surface area contributed by atoms with E-state index in [0.717, 1.165) is 18.4 Å². The van der Waals surface area contributed by atoms with Crippen LogP contribution in [0.2, 0.25) is 0 Å². The predicted octanol–water partition coefficient (Wildman–Crippen LogP) is 2.75. The lowest BCUT2D eigenvalue weighted by molar-refractivity contribution is -0.121. The molecule has 3 heteroatoms. The van der Waals surface area contributed by atoms with Crippen LogP contribution in [0, 0.1) is 11.8 Å². The van der Waals surface area contributed by atoms with Crippen LogP contribution in [-0.2, 0) is 11.2 Å². The van der Waals surface area contributed by atoms with Gasteiger partial charge < -0.3 is 11.1 Å². The Bertz CT molecular complexity index is 434. The van der Waals surface area contributed by atoms with Crippen LogP contribution in [0.5, 0.6) is 0 Å². The Kier molecular flexibility index (Phi) is 4.46. The summed E-state index contributed by atoms with van der Waals surface area (Å²) in [6, 6.07) is 7.88. The first kappa shape index (κ1) is 13.9. The fraction of sp³-hybridized carbons (Fsp3) is 0.562. The number of nitrogens with one attached hydrogen (secondary N) is 1. The van der Waals surface area contributed by atoms with Crippen LogP contribution in [0.25, 0.3) is 0 Å². The van der Waals surface area contributed by atoms with Crippen molar-refractivity contribution in [3.05, 3.63) is 29.8 Å². The molecule has 1 aliphatic rings. The van der Waals surface area contributed by atoms with E-state index in [-0.39, 0.29) is 5.91 Å². The highest BCUT2D eigenvalue weighted by molar-refractivity contribution is 5.79. The number of benzene rings is 1. The molecule has 0 bridgehead atoms. The molecule has 104 valence electrons. The van der Waals surface area contributed by atoms with Gasteiger partial charge in [-0.2, -0.15) is 0 Å². The third-order valence-electron chi connectivity index (χ3n) is 3.86. The lowest BCUT2D eigenvalue weighted by Gasteiger charge is -2.32. The van der Waals surface area contributed by atoms with Gasteiger partial charge in [0.2, 0.25) is 5.91 Å². The highest BCUT2D eigenvalue weighted by atomic mass is 16.1. The zero-order valence-corrected chi connectivity index (χ0v) is 11.9. The van der Waals surface area contributed by atoms with Crippen molar-refractivity contribution in [2.24, 2.45) is 11.8 Å². The molecule has 0 aromatic heterocycles. The zero-order chi connectivity index (χ0) is 13.8. The molecule has 2 atom stereocenters. The fourth-order valence-corrected chi connectivity index (χ4v) is 3.23. The molecule has 1 amide bonds. The quantitative estimate of drug-likeness (QED) is 0.821. The van der Waals surface area contributed by atoms with Gasteiger partial charge in [-0.3, -0.25) is 4.79 Å². The van der Waals surface area contributed by atoms with Gasteiger partial charge in [-0.1, -0.05) is 26.0 Å². The summed E-state index contributed by atoms with van der Waals surface area (Å²) < 4.78 is 0. The number of rotatable bonds is 3. The van der Waals surface area contributed by atoms with Crippen LogP contribution < -0.4 is 11.1 Å². The smallest absolute Gasteiger partial charge is 0.224 e. The van der Waals surface area contributed by atoms with Gasteiger partial charge in [0.25, 0.3) is 0 Å². The summed E-state index contributed by atoms with van der Waals surface area (Å²) in [6.45, 7) is 4.54. The van der Waals surface area contributed by atoms with Crippen molar-refractivity contribution in [1.29, 1.82) is 0 Å². The molecule has 0 saturated heterocycles. The van der Waals surface area contributed by atoms with Gasteiger partial charge in [-0.05, 0) is 48.8 Å². The van der Waals surface area contributed by atoms with Gasteiger partial charge in [0.15, 0.2) is 0 Å². The first-order valence-corrected chi connectivity index (χ1v) is 7.16. The fourth-order valence-electron chi connectivity index (χ4n) is 3.23. The van der Waals surface area contributed by atoms with Crippen molar-refractivity contribution in [3.8, 4) is 0 Å². The highest BCUT2D eigenvalue weighted by Gasteiger charge is 2.24. The standard InChI is InChI=1S/C16H24N2O/c1-11-6-12(2)8-15(7-11)18-16(19)10-13-4-3-5-14(17)9-13/h3-5,9,11-12,15H,6-8,10,17H2,1-2H3,(H,18,19). The Labute approximate surface area is 115 Å². The van der Waals surface area contributed by atoms with Crippen molar-refractivity contribution in [1.82, 2.24) is 5.32 Å². The number of nitrogen functional groups attached to an aromatic ring is 1. The van der Waals surface area contributed by atoms with Gasteiger partial charge in [0, 0.05) is 11.7 Å². The zero-order valence-electron chi connectivity index (χ0n) is 11.9. The second-order valence-corrected chi connectivity index (χ2v) is 6.10.